The van der Waals surface area contributed by atoms with Crippen molar-refractivity contribution in [3.8, 4) is 0 Å². The maximum atomic E-state index is 11.7. The van der Waals surface area contributed by atoms with E-state index >= 15 is 0 Å². The van der Waals surface area contributed by atoms with Gasteiger partial charge in [0.05, 0.1) is 5.75 Å². The Morgan fingerprint density at radius 3 is 2.62 bits per heavy atom. The fourth-order valence-corrected chi connectivity index (χ4v) is 4.94. The van der Waals surface area contributed by atoms with Crippen LogP contribution in [0.15, 0.2) is 0 Å². The fraction of sp³-hybridized carbons (Fsp3) is 0.818. The molecule has 2 amide bonds. The molecule has 0 bridgehead atoms. The molecule has 1 fully saturated rings. The zero-order chi connectivity index (χ0) is 15.9. The highest BCUT2D eigenvalue weighted by Gasteiger charge is 2.22. The molecule has 1 aliphatic rings. The Morgan fingerprint density at radius 2 is 2.10 bits per heavy atom. The van der Waals surface area contributed by atoms with Crippen molar-refractivity contribution in [2.45, 2.75) is 17.7 Å². The summed E-state index contributed by atoms with van der Waals surface area (Å²) in [5.74, 6) is 1.60. The summed E-state index contributed by atoms with van der Waals surface area (Å²) >= 11 is 3.62. The minimum atomic E-state index is -3.26. The number of carboxylic acid groups (broad SMARTS) is 1. The van der Waals surface area contributed by atoms with Crippen LogP contribution >= 0.6 is 23.5 Å². The number of amides is 2. The molecule has 0 aliphatic carbocycles. The van der Waals surface area contributed by atoms with E-state index in [9.17, 15) is 18.0 Å². The predicted molar refractivity (Wildman–Crippen MR) is 85.9 cm³/mol. The number of nitrogens with one attached hydrogen (secondary N) is 2. The summed E-state index contributed by atoms with van der Waals surface area (Å²) in [7, 11) is -3.26. The van der Waals surface area contributed by atoms with Crippen LogP contribution in [0.2, 0.25) is 0 Å². The van der Waals surface area contributed by atoms with Crippen LogP contribution in [0.1, 0.15) is 6.42 Å². The quantitative estimate of drug-likeness (QED) is 0.589. The lowest BCUT2D eigenvalue weighted by Crippen LogP contribution is -2.48. The zero-order valence-corrected chi connectivity index (χ0v) is 14.2. The van der Waals surface area contributed by atoms with Gasteiger partial charge in [-0.15, -0.1) is 0 Å². The highest BCUT2D eigenvalue weighted by atomic mass is 32.2. The van der Waals surface area contributed by atoms with E-state index in [4.69, 9.17) is 5.11 Å². The van der Waals surface area contributed by atoms with Gasteiger partial charge in [0.2, 0.25) is 0 Å². The van der Waals surface area contributed by atoms with E-state index in [0.29, 0.717) is 11.8 Å². The molecule has 21 heavy (non-hydrogen) atoms. The van der Waals surface area contributed by atoms with Crippen LogP contribution in [0, 0.1) is 0 Å². The molecule has 0 aromatic rings. The first-order chi connectivity index (χ1) is 9.78. The predicted octanol–water partition coefficient (Wildman–Crippen LogP) is 0.0221. The number of urea groups is 1. The minimum Gasteiger partial charge on any atom is -0.480 e. The smallest absolute Gasteiger partial charge is 0.326 e. The van der Waals surface area contributed by atoms with Crippen LogP contribution < -0.4 is 10.6 Å². The van der Waals surface area contributed by atoms with Gasteiger partial charge in [-0.05, 0) is 6.42 Å². The highest BCUT2D eigenvalue weighted by Crippen LogP contribution is 2.23. The van der Waals surface area contributed by atoms with E-state index in [1.807, 2.05) is 11.8 Å². The lowest BCUT2D eigenvalue weighted by atomic mass is 10.2. The van der Waals surface area contributed by atoms with Gasteiger partial charge in [-0.3, -0.25) is 0 Å². The van der Waals surface area contributed by atoms with Gasteiger partial charge >= 0.3 is 12.0 Å². The number of sulfone groups is 1. The third kappa shape index (κ3) is 8.42. The summed E-state index contributed by atoms with van der Waals surface area (Å²) in [6.45, 7) is 0.474. The second-order valence-corrected chi connectivity index (χ2v) is 9.55. The standard InChI is InChI=1S/C11H20N2O5S3/c1-21(17,18)5-2-9(10(14)15)13-11(16)12-6-8-7-19-3-4-20-8/h8-9H,2-7H2,1H3,(H,14,15)(H2,12,13,16). The molecule has 0 spiro atoms. The largest absolute Gasteiger partial charge is 0.480 e. The van der Waals surface area contributed by atoms with Gasteiger partial charge in [-0.25, -0.2) is 18.0 Å². The fourth-order valence-electron chi connectivity index (χ4n) is 1.66. The third-order valence-electron chi connectivity index (χ3n) is 2.76. The average Bonchev–Trinajstić information content (AvgIpc) is 2.41. The molecule has 1 rings (SSSR count). The van der Waals surface area contributed by atoms with Crippen LogP contribution in [0.5, 0.6) is 0 Å². The van der Waals surface area contributed by atoms with Crippen molar-refractivity contribution in [3.63, 3.8) is 0 Å². The molecule has 2 atom stereocenters. The van der Waals surface area contributed by atoms with Crippen LogP contribution in [-0.2, 0) is 14.6 Å². The molecular weight excluding hydrogens is 336 g/mol. The molecule has 10 heteroatoms. The summed E-state index contributed by atoms with van der Waals surface area (Å²) in [6.07, 6.45) is 0.888. The number of carboxylic acids is 1. The van der Waals surface area contributed by atoms with Crippen LogP contribution in [0.4, 0.5) is 4.79 Å². The second kappa shape index (κ2) is 8.74. The number of hydrogen-bond acceptors (Lipinski definition) is 6. The summed E-state index contributed by atoms with van der Waals surface area (Å²) in [5, 5.41) is 14.3. The van der Waals surface area contributed by atoms with Gasteiger partial charge in [-0.1, -0.05) is 0 Å². The molecule has 1 aliphatic heterocycles. The van der Waals surface area contributed by atoms with Gasteiger partial charge in [0.25, 0.3) is 0 Å². The molecule has 0 aromatic heterocycles. The van der Waals surface area contributed by atoms with Crippen molar-refractivity contribution in [2.75, 3.05) is 35.8 Å². The summed E-state index contributed by atoms with van der Waals surface area (Å²) in [6, 6.07) is -1.78. The van der Waals surface area contributed by atoms with Crippen LogP contribution in [0.25, 0.3) is 0 Å². The Kier molecular flexibility index (Phi) is 7.67. The normalized spacial score (nSPS) is 20.5. The number of hydrogen-bond donors (Lipinski definition) is 3. The van der Waals surface area contributed by atoms with E-state index in [1.54, 1.807) is 11.8 Å². The van der Waals surface area contributed by atoms with E-state index in [0.717, 1.165) is 23.5 Å². The number of rotatable bonds is 7. The SMILES string of the molecule is CS(=O)(=O)CCC(NC(=O)NCC1CSCCS1)C(=O)O. The van der Waals surface area contributed by atoms with E-state index in [2.05, 4.69) is 10.6 Å². The molecule has 7 nitrogen and oxygen atoms in total. The lowest BCUT2D eigenvalue weighted by Gasteiger charge is -2.22. The monoisotopic (exact) mass is 356 g/mol. The summed E-state index contributed by atoms with van der Waals surface area (Å²) < 4.78 is 22.1. The van der Waals surface area contributed by atoms with Crippen molar-refractivity contribution in [2.24, 2.45) is 0 Å². The van der Waals surface area contributed by atoms with Crippen molar-refractivity contribution in [1.29, 1.82) is 0 Å². The molecular formula is C11H20N2O5S3. The van der Waals surface area contributed by atoms with Gasteiger partial charge in [0.1, 0.15) is 15.9 Å². The van der Waals surface area contributed by atoms with Gasteiger partial charge in [0, 0.05) is 35.3 Å². The maximum Gasteiger partial charge on any atom is 0.326 e. The van der Waals surface area contributed by atoms with Crippen molar-refractivity contribution < 1.29 is 23.1 Å². The lowest BCUT2D eigenvalue weighted by molar-refractivity contribution is -0.139. The van der Waals surface area contributed by atoms with Crippen molar-refractivity contribution >= 4 is 45.4 Å². The molecule has 122 valence electrons. The topological polar surface area (TPSA) is 113 Å². The minimum absolute atomic E-state index is 0.143. The second-order valence-electron chi connectivity index (χ2n) is 4.73. The molecule has 1 saturated heterocycles. The number of thioether (sulfide) groups is 2. The Labute approximate surface area is 132 Å². The van der Waals surface area contributed by atoms with Gasteiger partial charge in [-0.2, -0.15) is 23.5 Å². The molecule has 0 radical (unpaired) electrons. The first kappa shape index (κ1) is 18.4. The number of aliphatic carboxylic acids is 1. The first-order valence-electron chi connectivity index (χ1n) is 6.42. The first-order valence-corrected chi connectivity index (χ1v) is 10.7. The van der Waals surface area contributed by atoms with Gasteiger partial charge < -0.3 is 15.7 Å². The van der Waals surface area contributed by atoms with Crippen molar-refractivity contribution in [1.82, 2.24) is 10.6 Å². The molecule has 0 saturated carbocycles. The zero-order valence-electron chi connectivity index (χ0n) is 11.7. The molecule has 3 N–H and O–H groups in total. The summed E-state index contributed by atoms with van der Waals surface area (Å²) in [4.78, 5) is 22.7. The maximum absolute atomic E-state index is 11.7. The number of carbonyl (C=O) groups excluding carboxylic acids is 1. The molecule has 1 heterocycles. The number of carbonyl (C=O) groups is 2. The Bertz CT molecular complexity index is 462. The third-order valence-corrected chi connectivity index (χ3v) is 6.58. The van der Waals surface area contributed by atoms with Crippen LogP contribution in [0.3, 0.4) is 0 Å². The average molecular weight is 356 g/mol. The van der Waals surface area contributed by atoms with E-state index in [-0.39, 0.29) is 12.2 Å². The highest BCUT2D eigenvalue weighted by molar-refractivity contribution is 8.06. The van der Waals surface area contributed by atoms with Crippen LogP contribution in [-0.4, -0.2) is 72.6 Å². The Morgan fingerprint density at radius 1 is 1.38 bits per heavy atom. The Hall–Kier alpha value is -0.610. The Balaban J connectivity index is 2.35. The van der Waals surface area contributed by atoms with Crippen molar-refractivity contribution in [3.05, 3.63) is 0 Å². The molecule has 2 unspecified atom stereocenters. The van der Waals surface area contributed by atoms with Gasteiger partial charge in [0.15, 0.2) is 0 Å². The molecule has 0 aromatic carbocycles. The summed E-state index contributed by atoms with van der Waals surface area (Å²) in [5.41, 5.74) is 0. The van der Waals surface area contributed by atoms with E-state index < -0.39 is 27.9 Å². The van der Waals surface area contributed by atoms with E-state index in [1.165, 1.54) is 0 Å².